The fourth-order valence-corrected chi connectivity index (χ4v) is 3.19. The minimum absolute atomic E-state index is 0.141. The van der Waals surface area contributed by atoms with Gasteiger partial charge in [0.05, 0.1) is 12.1 Å². The second-order valence-electron chi connectivity index (χ2n) is 4.74. The lowest BCUT2D eigenvalue weighted by molar-refractivity contribution is -0.133. The molecule has 0 aromatic heterocycles. The Kier molecular flexibility index (Phi) is 4.40. The van der Waals surface area contributed by atoms with E-state index in [0.717, 1.165) is 17.3 Å². The zero-order chi connectivity index (χ0) is 13.1. The van der Waals surface area contributed by atoms with Crippen molar-refractivity contribution in [3.8, 4) is 0 Å². The van der Waals surface area contributed by atoms with Crippen LogP contribution in [0.3, 0.4) is 0 Å². The van der Waals surface area contributed by atoms with E-state index in [0.29, 0.717) is 6.42 Å². The maximum atomic E-state index is 11.9. The molecule has 1 aliphatic rings. The molecule has 2 rings (SSSR count). The molecule has 0 radical (unpaired) electrons. The van der Waals surface area contributed by atoms with Crippen LogP contribution in [0.25, 0.3) is 0 Å². The van der Waals surface area contributed by atoms with Crippen LogP contribution >= 0.6 is 15.9 Å². The van der Waals surface area contributed by atoms with Crippen molar-refractivity contribution in [1.82, 2.24) is 4.90 Å². The van der Waals surface area contributed by atoms with E-state index in [1.807, 2.05) is 42.2 Å². The molecular formula is C14H18BrNO2. The van der Waals surface area contributed by atoms with Gasteiger partial charge >= 0.3 is 0 Å². The summed E-state index contributed by atoms with van der Waals surface area (Å²) in [5.74, 6) is 0.141. The molecular weight excluding hydrogens is 294 g/mol. The van der Waals surface area contributed by atoms with E-state index in [4.69, 9.17) is 0 Å². The number of alkyl halides is 1. The van der Waals surface area contributed by atoms with E-state index in [-0.39, 0.29) is 18.0 Å². The summed E-state index contributed by atoms with van der Waals surface area (Å²) in [4.78, 5) is 13.7. The zero-order valence-corrected chi connectivity index (χ0v) is 12.0. The molecule has 0 saturated carbocycles. The van der Waals surface area contributed by atoms with Gasteiger partial charge < -0.3 is 10.0 Å². The van der Waals surface area contributed by atoms with Crippen molar-refractivity contribution in [1.29, 1.82) is 0 Å². The number of hydrogen-bond donors (Lipinski definition) is 1. The minimum Gasteiger partial charge on any atom is -0.386 e. The number of aliphatic hydroxyl groups excluding tert-OH is 1. The Balaban J connectivity index is 2.15. The van der Waals surface area contributed by atoms with Crippen LogP contribution in [0.2, 0.25) is 0 Å². The SMILES string of the molecule is C[C@H]([C@@H](O)c1ccccc1)N1C(=O)CC[C@H]1CBr. The first-order chi connectivity index (χ1) is 8.65. The third kappa shape index (κ3) is 2.59. The molecule has 0 aliphatic carbocycles. The van der Waals surface area contributed by atoms with E-state index >= 15 is 0 Å². The standard InChI is InChI=1S/C14H18BrNO2/c1-10(14(18)11-5-3-2-4-6-11)16-12(9-15)7-8-13(16)17/h2-6,10,12,14,18H,7-9H2,1H3/t10-,12+,14-/m1/s1. The van der Waals surface area contributed by atoms with E-state index in [2.05, 4.69) is 15.9 Å². The average molecular weight is 312 g/mol. The van der Waals surface area contributed by atoms with Gasteiger partial charge in [0.15, 0.2) is 0 Å². The van der Waals surface area contributed by atoms with Crippen LogP contribution in [-0.4, -0.2) is 33.3 Å². The molecule has 1 amide bonds. The van der Waals surface area contributed by atoms with Crippen molar-refractivity contribution in [3.05, 3.63) is 35.9 Å². The predicted molar refractivity (Wildman–Crippen MR) is 74.5 cm³/mol. The molecule has 0 bridgehead atoms. The molecule has 0 spiro atoms. The van der Waals surface area contributed by atoms with E-state index in [9.17, 15) is 9.90 Å². The molecule has 1 saturated heterocycles. The highest BCUT2D eigenvalue weighted by Gasteiger charge is 2.36. The molecule has 1 aromatic rings. The quantitative estimate of drug-likeness (QED) is 0.868. The lowest BCUT2D eigenvalue weighted by Gasteiger charge is -2.33. The van der Waals surface area contributed by atoms with Crippen LogP contribution in [0, 0.1) is 0 Å². The van der Waals surface area contributed by atoms with Crippen molar-refractivity contribution >= 4 is 21.8 Å². The summed E-state index contributed by atoms with van der Waals surface area (Å²) < 4.78 is 0. The predicted octanol–water partition coefficient (Wildman–Crippen LogP) is 2.49. The number of nitrogens with zero attached hydrogens (tertiary/aromatic N) is 1. The van der Waals surface area contributed by atoms with Gasteiger partial charge in [-0.3, -0.25) is 4.79 Å². The third-order valence-electron chi connectivity index (χ3n) is 3.59. The number of carbonyl (C=O) groups is 1. The Morgan fingerprint density at radius 2 is 2.11 bits per heavy atom. The maximum Gasteiger partial charge on any atom is 0.223 e. The lowest BCUT2D eigenvalue weighted by atomic mass is 10.0. The third-order valence-corrected chi connectivity index (χ3v) is 4.34. The molecule has 0 unspecified atom stereocenters. The summed E-state index contributed by atoms with van der Waals surface area (Å²) in [5.41, 5.74) is 0.859. The summed E-state index contributed by atoms with van der Waals surface area (Å²) in [6.07, 6.45) is 0.827. The van der Waals surface area contributed by atoms with Crippen molar-refractivity contribution in [2.45, 2.75) is 38.0 Å². The fourth-order valence-electron chi connectivity index (χ4n) is 2.55. The van der Waals surface area contributed by atoms with Crippen LogP contribution in [0.5, 0.6) is 0 Å². The van der Waals surface area contributed by atoms with Crippen LogP contribution in [0.1, 0.15) is 31.4 Å². The topological polar surface area (TPSA) is 40.5 Å². The average Bonchev–Trinajstić information content (AvgIpc) is 2.79. The summed E-state index contributed by atoms with van der Waals surface area (Å²) in [6, 6.07) is 9.52. The highest BCUT2D eigenvalue weighted by molar-refractivity contribution is 9.09. The molecule has 1 heterocycles. The number of halogens is 1. The van der Waals surface area contributed by atoms with Gasteiger partial charge in [-0.1, -0.05) is 46.3 Å². The van der Waals surface area contributed by atoms with Gasteiger partial charge in [0.1, 0.15) is 0 Å². The molecule has 3 nitrogen and oxygen atoms in total. The highest BCUT2D eigenvalue weighted by atomic mass is 79.9. The highest BCUT2D eigenvalue weighted by Crippen LogP contribution is 2.29. The van der Waals surface area contributed by atoms with Gasteiger partial charge in [0, 0.05) is 17.8 Å². The number of carbonyl (C=O) groups excluding carboxylic acids is 1. The number of amides is 1. The van der Waals surface area contributed by atoms with Crippen molar-refractivity contribution in [2.75, 3.05) is 5.33 Å². The Labute approximate surface area is 116 Å². The molecule has 18 heavy (non-hydrogen) atoms. The van der Waals surface area contributed by atoms with Crippen LogP contribution in [0.15, 0.2) is 30.3 Å². The van der Waals surface area contributed by atoms with Gasteiger partial charge in [0.2, 0.25) is 5.91 Å². The normalized spacial score (nSPS) is 23.2. The number of benzene rings is 1. The summed E-state index contributed by atoms with van der Waals surface area (Å²) in [6.45, 7) is 1.91. The number of likely N-dealkylation sites (tertiary alicyclic amines) is 1. The zero-order valence-electron chi connectivity index (χ0n) is 10.4. The van der Waals surface area contributed by atoms with Crippen molar-refractivity contribution < 1.29 is 9.90 Å². The van der Waals surface area contributed by atoms with Gasteiger partial charge in [-0.25, -0.2) is 0 Å². The molecule has 4 heteroatoms. The van der Waals surface area contributed by atoms with Gasteiger partial charge in [-0.2, -0.15) is 0 Å². The largest absolute Gasteiger partial charge is 0.386 e. The molecule has 98 valence electrons. The Hall–Kier alpha value is -0.870. The summed E-state index contributed by atoms with van der Waals surface area (Å²) >= 11 is 3.44. The number of hydrogen-bond acceptors (Lipinski definition) is 2. The van der Waals surface area contributed by atoms with E-state index in [1.54, 1.807) is 0 Å². The first-order valence-electron chi connectivity index (χ1n) is 6.25. The maximum absolute atomic E-state index is 11.9. The first-order valence-corrected chi connectivity index (χ1v) is 7.37. The second kappa shape index (κ2) is 5.85. The van der Waals surface area contributed by atoms with Crippen molar-refractivity contribution in [3.63, 3.8) is 0 Å². The molecule has 1 N–H and O–H groups in total. The summed E-state index contributed by atoms with van der Waals surface area (Å²) in [5, 5.41) is 11.1. The van der Waals surface area contributed by atoms with Crippen LogP contribution < -0.4 is 0 Å². The molecule has 1 aromatic carbocycles. The van der Waals surface area contributed by atoms with Crippen LogP contribution in [-0.2, 0) is 4.79 Å². The van der Waals surface area contributed by atoms with Crippen molar-refractivity contribution in [2.24, 2.45) is 0 Å². The Bertz CT molecular complexity index is 410. The Morgan fingerprint density at radius 3 is 2.72 bits per heavy atom. The van der Waals surface area contributed by atoms with Crippen LogP contribution in [0.4, 0.5) is 0 Å². The van der Waals surface area contributed by atoms with Gasteiger partial charge in [-0.05, 0) is 18.9 Å². The second-order valence-corrected chi connectivity index (χ2v) is 5.39. The number of aliphatic hydroxyl groups is 1. The molecule has 1 fully saturated rings. The monoisotopic (exact) mass is 311 g/mol. The lowest BCUT2D eigenvalue weighted by Crippen LogP contribution is -2.44. The fraction of sp³-hybridized carbons (Fsp3) is 0.500. The minimum atomic E-state index is -0.630. The van der Waals surface area contributed by atoms with Gasteiger partial charge in [-0.15, -0.1) is 0 Å². The smallest absolute Gasteiger partial charge is 0.223 e. The number of rotatable bonds is 4. The summed E-state index contributed by atoms with van der Waals surface area (Å²) in [7, 11) is 0. The molecule has 1 aliphatic heterocycles. The van der Waals surface area contributed by atoms with Gasteiger partial charge in [0.25, 0.3) is 0 Å². The first kappa shape index (κ1) is 13.6. The Morgan fingerprint density at radius 1 is 1.44 bits per heavy atom. The molecule has 3 atom stereocenters. The van der Waals surface area contributed by atoms with E-state index < -0.39 is 6.10 Å². The van der Waals surface area contributed by atoms with E-state index in [1.165, 1.54) is 0 Å².